The molecule has 1 saturated heterocycles. The number of carbonyl (C=O) groups excluding carboxylic acids is 1. The number of benzene rings is 1. The third-order valence-electron chi connectivity index (χ3n) is 5.77. The highest BCUT2D eigenvalue weighted by Gasteiger charge is 2.42. The molecular weight excluding hydrogens is 489 g/mol. The molecule has 2 fully saturated rings. The zero-order chi connectivity index (χ0) is 20.7. The Morgan fingerprint density at radius 3 is 2.37 bits per heavy atom. The standard InChI is InChI=1S/C23H37N5O.HI/c1-4-24-22(25-18-23(10-11-23)16-20-8-6-5-7-9-20)28-14-12-27(13-15-28)17-21(29)26-19(2)3;/h5-9,19H,4,10-18H2,1-3H3,(H,24,25)(H,26,29);1H. The molecule has 7 heteroatoms. The number of aliphatic imine (C=N–C) groups is 1. The zero-order valence-corrected chi connectivity index (χ0v) is 21.0. The average Bonchev–Trinajstić information content (AvgIpc) is 3.45. The minimum atomic E-state index is 0. The van der Waals surface area contributed by atoms with Crippen LogP contribution < -0.4 is 10.6 Å². The van der Waals surface area contributed by atoms with Crippen molar-refractivity contribution >= 4 is 35.8 Å². The fraction of sp³-hybridized carbons (Fsp3) is 0.652. The highest BCUT2D eigenvalue weighted by molar-refractivity contribution is 14.0. The van der Waals surface area contributed by atoms with Gasteiger partial charge in [0.15, 0.2) is 5.96 Å². The first kappa shape index (κ1) is 24.9. The second-order valence-corrected chi connectivity index (χ2v) is 8.82. The molecule has 0 bridgehead atoms. The molecule has 0 radical (unpaired) electrons. The molecule has 0 unspecified atom stereocenters. The molecule has 0 aromatic heterocycles. The molecule has 1 aliphatic carbocycles. The van der Waals surface area contributed by atoms with Crippen LogP contribution in [0.5, 0.6) is 0 Å². The maximum absolute atomic E-state index is 12.0. The van der Waals surface area contributed by atoms with Crippen molar-refractivity contribution in [2.24, 2.45) is 10.4 Å². The monoisotopic (exact) mass is 527 g/mol. The summed E-state index contributed by atoms with van der Waals surface area (Å²) in [7, 11) is 0. The van der Waals surface area contributed by atoms with Crippen molar-refractivity contribution in [2.75, 3.05) is 45.8 Å². The van der Waals surface area contributed by atoms with Crippen molar-refractivity contribution in [3.8, 4) is 0 Å². The summed E-state index contributed by atoms with van der Waals surface area (Å²) in [5.41, 5.74) is 1.76. The normalized spacial score (nSPS) is 18.7. The van der Waals surface area contributed by atoms with E-state index in [0.717, 1.165) is 51.6 Å². The largest absolute Gasteiger partial charge is 0.357 e. The smallest absolute Gasteiger partial charge is 0.234 e. The van der Waals surface area contributed by atoms with E-state index in [9.17, 15) is 4.79 Å². The Labute approximate surface area is 198 Å². The Morgan fingerprint density at radius 1 is 1.13 bits per heavy atom. The number of nitrogens with one attached hydrogen (secondary N) is 2. The van der Waals surface area contributed by atoms with Gasteiger partial charge in [-0.1, -0.05) is 30.3 Å². The number of hydrogen-bond donors (Lipinski definition) is 2. The third-order valence-corrected chi connectivity index (χ3v) is 5.77. The second-order valence-electron chi connectivity index (χ2n) is 8.82. The molecular formula is C23H38IN5O. The SMILES string of the molecule is CCNC(=NCC1(Cc2ccccc2)CC1)N1CCN(CC(=O)NC(C)C)CC1.I. The predicted molar refractivity (Wildman–Crippen MR) is 134 cm³/mol. The summed E-state index contributed by atoms with van der Waals surface area (Å²) in [6.45, 7) is 12.0. The van der Waals surface area contributed by atoms with E-state index >= 15 is 0 Å². The molecule has 2 N–H and O–H groups in total. The number of amides is 1. The lowest BCUT2D eigenvalue weighted by Gasteiger charge is -2.36. The van der Waals surface area contributed by atoms with Gasteiger partial charge < -0.3 is 15.5 Å². The lowest BCUT2D eigenvalue weighted by Crippen LogP contribution is -2.54. The number of piperazine rings is 1. The van der Waals surface area contributed by atoms with Gasteiger partial charge >= 0.3 is 0 Å². The summed E-state index contributed by atoms with van der Waals surface area (Å²) in [5.74, 6) is 1.14. The van der Waals surface area contributed by atoms with Crippen LogP contribution in [0.3, 0.4) is 0 Å². The maximum atomic E-state index is 12.0. The molecule has 1 aliphatic heterocycles. The van der Waals surface area contributed by atoms with Crippen molar-refractivity contribution in [3.63, 3.8) is 0 Å². The third kappa shape index (κ3) is 7.72. The van der Waals surface area contributed by atoms with E-state index in [0.29, 0.717) is 12.0 Å². The number of guanidine groups is 1. The maximum Gasteiger partial charge on any atom is 0.234 e. The van der Waals surface area contributed by atoms with Gasteiger partial charge in [-0.15, -0.1) is 24.0 Å². The van der Waals surface area contributed by atoms with Gasteiger partial charge in [0.2, 0.25) is 5.91 Å². The van der Waals surface area contributed by atoms with Gasteiger partial charge in [0.1, 0.15) is 0 Å². The summed E-state index contributed by atoms with van der Waals surface area (Å²) in [5, 5.41) is 6.45. The van der Waals surface area contributed by atoms with E-state index < -0.39 is 0 Å². The van der Waals surface area contributed by atoms with Crippen molar-refractivity contribution in [1.29, 1.82) is 0 Å². The second kappa shape index (κ2) is 11.9. The Morgan fingerprint density at radius 2 is 1.80 bits per heavy atom. The summed E-state index contributed by atoms with van der Waals surface area (Å²) >= 11 is 0. The van der Waals surface area contributed by atoms with E-state index in [4.69, 9.17) is 4.99 Å². The van der Waals surface area contributed by atoms with Gasteiger partial charge in [-0.3, -0.25) is 14.7 Å². The first-order valence-corrected chi connectivity index (χ1v) is 11.1. The van der Waals surface area contributed by atoms with Crippen LogP contribution in [-0.2, 0) is 11.2 Å². The lowest BCUT2D eigenvalue weighted by molar-refractivity contribution is -0.123. The average molecular weight is 527 g/mol. The van der Waals surface area contributed by atoms with Crippen LogP contribution in [0.25, 0.3) is 0 Å². The molecule has 3 rings (SSSR count). The van der Waals surface area contributed by atoms with E-state index in [1.54, 1.807) is 0 Å². The summed E-state index contributed by atoms with van der Waals surface area (Å²) < 4.78 is 0. The van der Waals surface area contributed by atoms with Crippen molar-refractivity contribution in [1.82, 2.24) is 20.4 Å². The summed E-state index contributed by atoms with van der Waals surface area (Å²) in [4.78, 5) is 21.6. The predicted octanol–water partition coefficient (Wildman–Crippen LogP) is 2.74. The zero-order valence-electron chi connectivity index (χ0n) is 18.7. The Bertz CT molecular complexity index is 682. The molecule has 1 heterocycles. The number of halogens is 1. The van der Waals surface area contributed by atoms with Crippen LogP contribution in [0.4, 0.5) is 0 Å². The van der Waals surface area contributed by atoms with E-state index in [1.165, 1.54) is 18.4 Å². The minimum Gasteiger partial charge on any atom is -0.357 e. The van der Waals surface area contributed by atoms with Gasteiger partial charge in [0, 0.05) is 45.3 Å². The fourth-order valence-corrected chi connectivity index (χ4v) is 3.95. The van der Waals surface area contributed by atoms with E-state index in [2.05, 4.69) is 57.7 Å². The molecule has 2 aliphatic rings. The molecule has 1 aromatic carbocycles. The molecule has 0 spiro atoms. The van der Waals surface area contributed by atoms with Crippen molar-refractivity contribution in [3.05, 3.63) is 35.9 Å². The van der Waals surface area contributed by atoms with Crippen LogP contribution in [0.1, 0.15) is 39.2 Å². The van der Waals surface area contributed by atoms with E-state index in [-0.39, 0.29) is 35.9 Å². The fourth-order valence-electron chi connectivity index (χ4n) is 3.95. The molecule has 168 valence electrons. The number of hydrogen-bond acceptors (Lipinski definition) is 3. The molecule has 1 saturated carbocycles. The van der Waals surface area contributed by atoms with Crippen LogP contribution in [-0.4, -0.2) is 73.5 Å². The Balaban J connectivity index is 0.00000320. The first-order valence-electron chi connectivity index (χ1n) is 11.1. The van der Waals surface area contributed by atoms with Gasteiger partial charge in [-0.25, -0.2) is 0 Å². The first-order chi connectivity index (χ1) is 14.0. The van der Waals surface area contributed by atoms with Crippen LogP contribution in [0.15, 0.2) is 35.3 Å². The molecule has 1 amide bonds. The summed E-state index contributed by atoms with van der Waals surface area (Å²) in [6, 6.07) is 11.0. The van der Waals surface area contributed by atoms with Crippen LogP contribution >= 0.6 is 24.0 Å². The molecule has 1 aromatic rings. The quantitative estimate of drug-likeness (QED) is 0.310. The van der Waals surface area contributed by atoms with Gasteiger partial charge in [-0.05, 0) is 51.0 Å². The summed E-state index contributed by atoms with van der Waals surface area (Å²) in [6.07, 6.45) is 3.66. The highest BCUT2D eigenvalue weighted by atomic mass is 127. The number of rotatable bonds is 8. The van der Waals surface area contributed by atoms with Crippen molar-refractivity contribution in [2.45, 2.75) is 46.1 Å². The lowest BCUT2D eigenvalue weighted by atomic mass is 9.97. The minimum absolute atomic E-state index is 0. The van der Waals surface area contributed by atoms with Crippen molar-refractivity contribution < 1.29 is 4.79 Å². The highest BCUT2D eigenvalue weighted by Crippen LogP contribution is 2.48. The van der Waals surface area contributed by atoms with E-state index in [1.807, 2.05) is 13.8 Å². The Hall–Kier alpha value is -1.35. The van der Waals surface area contributed by atoms with Gasteiger partial charge in [0.25, 0.3) is 0 Å². The van der Waals surface area contributed by atoms with Crippen LogP contribution in [0, 0.1) is 5.41 Å². The number of carbonyl (C=O) groups is 1. The van der Waals surface area contributed by atoms with Gasteiger partial charge in [0.05, 0.1) is 6.54 Å². The molecule has 0 atom stereocenters. The molecule has 6 nitrogen and oxygen atoms in total. The van der Waals surface area contributed by atoms with Crippen LogP contribution in [0.2, 0.25) is 0 Å². The number of nitrogens with zero attached hydrogens (tertiary/aromatic N) is 3. The van der Waals surface area contributed by atoms with Gasteiger partial charge in [-0.2, -0.15) is 0 Å². The topological polar surface area (TPSA) is 60.0 Å². The molecule has 30 heavy (non-hydrogen) atoms. The Kier molecular flexibility index (Phi) is 9.87.